The molecule has 1 N–H and O–H groups in total. The van der Waals surface area contributed by atoms with E-state index < -0.39 is 34.9 Å². The molecule has 1 aromatic rings. The summed E-state index contributed by atoms with van der Waals surface area (Å²) in [5.41, 5.74) is -3.05. The lowest BCUT2D eigenvalue weighted by Gasteiger charge is -2.26. The molecule has 1 saturated heterocycles. The zero-order valence-electron chi connectivity index (χ0n) is 13.5. The van der Waals surface area contributed by atoms with Crippen molar-refractivity contribution in [3.63, 3.8) is 0 Å². The summed E-state index contributed by atoms with van der Waals surface area (Å²) in [6, 6.07) is 0. The molecule has 9 nitrogen and oxygen atoms in total. The lowest BCUT2D eigenvalue weighted by molar-refractivity contribution is -0.388. The standard InChI is InChI=1S/C13H18F3N5O4/c1-9-11(21(23)24)12(13(14,15)16)18-20(9)8-10(22)17-2-3-19-4-6-25-7-5-19/h2-8H2,1H3,(H,17,22). The van der Waals surface area contributed by atoms with Gasteiger partial charge in [0.05, 0.1) is 18.1 Å². The molecule has 12 heteroatoms. The highest BCUT2D eigenvalue weighted by Crippen LogP contribution is 2.36. The summed E-state index contributed by atoms with van der Waals surface area (Å²) < 4.78 is 44.4. The third-order valence-corrected chi connectivity index (χ3v) is 3.77. The number of nitrogens with one attached hydrogen (secondary N) is 1. The summed E-state index contributed by atoms with van der Waals surface area (Å²) in [5.74, 6) is -0.567. The van der Waals surface area contributed by atoms with Crippen LogP contribution in [0.15, 0.2) is 0 Å². The molecule has 0 aliphatic carbocycles. The Morgan fingerprint density at radius 2 is 2.04 bits per heavy atom. The van der Waals surface area contributed by atoms with Crippen molar-refractivity contribution < 1.29 is 27.6 Å². The van der Waals surface area contributed by atoms with Crippen LogP contribution in [0.3, 0.4) is 0 Å². The highest BCUT2D eigenvalue weighted by Gasteiger charge is 2.44. The van der Waals surface area contributed by atoms with E-state index in [1.807, 2.05) is 0 Å². The third kappa shape index (κ3) is 4.89. The zero-order chi connectivity index (χ0) is 18.6. The minimum absolute atomic E-state index is 0.313. The average Bonchev–Trinajstić information content (AvgIpc) is 2.85. The minimum atomic E-state index is -4.97. The van der Waals surface area contributed by atoms with Gasteiger partial charge in [0.1, 0.15) is 12.2 Å². The number of carbonyl (C=O) groups excluding carboxylic acids is 1. The van der Waals surface area contributed by atoms with E-state index in [2.05, 4.69) is 15.3 Å². The van der Waals surface area contributed by atoms with E-state index in [4.69, 9.17) is 4.74 Å². The number of carbonyl (C=O) groups is 1. The average molecular weight is 365 g/mol. The first-order valence-corrected chi connectivity index (χ1v) is 7.56. The van der Waals surface area contributed by atoms with Crippen molar-refractivity contribution in [1.29, 1.82) is 0 Å². The number of hydrogen-bond acceptors (Lipinski definition) is 6. The van der Waals surface area contributed by atoms with Gasteiger partial charge in [0.25, 0.3) is 0 Å². The maximum absolute atomic E-state index is 12.9. The van der Waals surface area contributed by atoms with Crippen LogP contribution in [0.4, 0.5) is 18.9 Å². The van der Waals surface area contributed by atoms with Gasteiger partial charge in [-0.1, -0.05) is 0 Å². The summed E-state index contributed by atoms with van der Waals surface area (Å²) in [6.45, 7) is 4.22. The van der Waals surface area contributed by atoms with Crippen LogP contribution in [-0.4, -0.2) is 64.9 Å². The Morgan fingerprint density at radius 1 is 1.40 bits per heavy atom. The summed E-state index contributed by atoms with van der Waals surface area (Å²) in [4.78, 5) is 23.7. The van der Waals surface area contributed by atoms with Crippen LogP contribution < -0.4 is 5.32 Å². The summed E-state index contributed by atoms with van der Waals surface area (Å²) >= 11 is 0. The fraction of sp³-hybridized carbons (Fsp3) is 0.692. The Hall–Kier alpha value is -2.21. The number of nitro groups is 1. The van der Waals surface area contributed by atoms with Crippen LogP contribution in [0.2, 0.25) is 0 Å². The van der Waals surface area contributed by atoms with E-state index >= 15 is 0 Å². The van der Waals surface area contributed by atoms with Gasteiger partial charge >= 0.3 is 11.9 Å². The Bertz CT molecular complexity index is 640. The van der Waals surface area contributed by atoms with E-state index in [0.29, 0.717) is 31.0 Å². The Morgan fingerprint density at radius 3 is 2.56 bits per heavy atom. The van der Waals surface area contributed by atoms with Gasteiger partial charge in [-0.3, -0.25) is 24.5 Å². The molecule has 0 radical (unpaired) electrons. The molecule has 0 spiro atoms. The lowest BCUT2D eigenvalue weighted by Crippen LogP contribution is -2.41. The summed E-state index contributed by atoms with van der Waals surface area (Å²) in [5, 5.41) is 16.6. The first-order chi connectivity index (χ1) is 11.7. The van der Waals surface area contributed by atoms with Gasteiger partial charge in [0.15, 0.2) is 0 Å². The van der Waals surface area contributed by atoms with E-state index in [1.165, 1.54) is 0 Å². The number of aromatic nitrogens is 2. The van der Waals surface area contributed by atoms with Crippen molar-refractivity contribution >= 4 is 11.6 Å². The van der Waals surface area contributed by atoms with E-state index in [0.717, 1.165) is 20.0 Å². The minimum Gasteiger partial charge on any atom is -0.379 e. The molecule has 140 valence electrons. The first-order valence-electron chi connectivity index (χ1n) is 7.56. The van der Waals surface area contributed by atoms with Gasteiger partial charge in [-0.25, -0.2) is 0 Å². The maximum Gasteiger partial charge on any atom is 0.442 e. The van der Waals surface area contributed by atoms with E-state index in [1.54, 1.807) is 0 Å². The molecule has 2 heterocycles. The third-order valence-electron chi connectivity index (χ3n) is 3.77. The second kappa shape index (κ2) is 7.78. The zero-order valence-corrected chi connectivity index (χ0v) is 13.5. The molecule has 0 saturated carbocycles. The molecule has 1 aromatic heterocycles. The maximum atomic E-state index is 12.9. The topological polar surface area (TPSA) is 103 Å². The normalized spacial score (nSPS) is 16.0. The summed E-state index contributed by atoms with van der Waals surface area (Å²) in [7, 11) is 0. The predicted molar refractivity (Wildman–Crippen MR) is 78.9 cm³/mol. The molecule has 0 unspecified atom stereocenters. The van der Waals surface area contributed by atoms with Gasteiger partial charge in [0.2, 0.25) is 11.6 Å². The highest BCUT2D eigenvalue weighted by atomic mass is 19.4. The first kappa shape index (κ1) is 19.1. The molecule has 1 amide bonds. The van der Waals surface area contributed by atoms with Crippen LogP contribution in [-0.2, 0) is 22.3 Å². The van der Waals surface area contributed by atoms with E-state index in [9.17, 15) is 28.1 Å². The molecule has 0 bridgehead atoms. The Kier molecular flexibility index (Phi) is 5.95. The number of rotatable bonds is 6. The number of ether oxygens (including phenoxy) is 1. The largest absolute Gasteiger partial charge is 0.442 e. The van der Waals surface area contributed by atoms with Crippen LogP contribution in [0.5, 0.6) is 0 Å². The monoisotopic (exact) mass is 365 g/mol. The quantitative estimate of drug-likeness (QED) is 0.584. The van der Waals surface area contributed by atoms with Crippen molar-refractivity contribution in [3.05, 3.63) is 21.5 Å². The van der Waals surface area contributed by atoms with Crippen molar-refractivity contribution in [2.45, 2.75) is 19.6 Å². The van der Waals surface area contributed by atoms with Crippen molar-refractivity contribution in [1.82, 2.24) is 20.0 Å². The van der Waals surface area contributed by atoms with Crippen LogP contribution in [0, 0.1) is 17.0 Å². The van der Waals surface area contributed by atoms with Gasteiger partial charge in [0, 0.05) is 26.2 Å². The van der Waals surface area contributed by atoms with Gasteiger partial charge < -0.3 is 10.1 Å². The van der Waals surface area contributed by atoms with Gasteiger partial charge in [-0.05, 0) is 6.92 Å². The number of alkyl halides is 3. The SMILES string of the molecule is Cc1c([N+](=O)[O-])c(C(F)(F)F)nn1CC(=O)NCCN1CCOCC1. The molecule has 0 atom stereocenters. The lowest BCUT2D eigenvalue weighted by atomic mass is 10.3. The number of amides is 1. The molecule has 1 fully saturated rings. The molecular weight excluding hydrogens is 347 g/mol. The molecule has 2 rings (SSSR count). The van der Waals surface area contributed by atoms with Gasteiger partial charge in [-0.15, -0.1) is 0 Å². The molecular formula is C13H18F3N5O4. The molecule has 1 aliphatic rings. The Labute approximate surface area is 140 Å². The van der Waals surface area contributed by atoms with E-state index in [-0.39, 0.29) is 5.69 Å². The van der Waals surface area contributed by atoms with Crippen LogP contribution in [0.1, 0.15) is 11.4 Å². The molecule has 1 aliphatic heterocycles. The number of morpholine rings is 1. The second-order valence-electron chi connectivity index (χ2n) is 5.50. The highest BCUT2D eigenvalue weighted by molar-refractivity contribution is 5.75. The smallest absolute Gasteiger partial charge is 0.379 e. The van der Waals surface area contributed by atoms with Crippen molar-refractivity contribution in [3.8, 4) is 0 Å². The molecule has 0 aromatic carbocycles. The number of hydrogen-bond donors (Lipinski definition) is 1. The Balaban J connectivity index is 1.97. The summed E-state index contributed by atoms with van der Waals surface area (Å²) in [6.07, 6.45) is -4.97. The van der Waals surface area contributed by atoms with Crippen molar-refractivity contribution in [2.24, 2.45) is 0 Å². The van der Waals surface area contributed by atoms with Crippen LogP contribution >= 0.6 is 0 Å². The second-order valence-corrected chi connectivity index (χ2v) is 5.50. The number of nitrogens with zero attached hydrogens (tertiary/aromatic N) is 4. The predicted octanol–water partition coefficient (Wildman–Crippen LogP) is 0.567. The molecule has 25 heavy (non-hydrogen) atoms. The van der Waals surface area contributed by atoms with Gasteiger partial charge in [-0.2, -0.15) is 18.3 Å². The fourth-order valence-corrected chi connectivity index (χ4v) is 2.47. The fourth-order valence-electron chi connectivity index (χ4n) is 2.47. The number of halogens is 3. The van der Waals surface area contributed by atoms with Crippen molar-refractivity contribution in [2.75, 3.05) is 39.4 Å². The van der Waals surface area contributed by atoms with Crippen LogP contribution in [0.25, 0.3) is 0 Å².